The van der Waals surface area contributed by atoms with Gasteiger partial charge in [-0.05, 0) is 117 Å². The summed E-state index contributed by atoms with van der Waals surface area (Å²) in [6.45, 7) is 10.6. The first-order valence-electron chi connectivity index (χ1n) is 35.7. The van der Waals surface area contributed by atoms with Gasteiger partial charge in [0.2, 0.25) is 53.2 Å². The van der Waals surface area contributed by atoms with E-state index in [9.17, 15) is 38.7 Å². The maximum atomic E-state index is 15.2. The largest absolute Gasteiger partial charge is 0.480 e. The third-order valence-electron chi connectivity index (χ3n) is 18.0. The molecule has 576 valence electrons. The average Bonchev–Trinajstić information content (AvgIpc) is 1.61. The summed E-state index contributed by atoms with van der Waals surface area (Å²) in [5.41, 5.74) is 49.3. The zero-order valence-electron chi connectivity index (χ0n) is 61.0. The van der Waals surface area contributed by atoms with Crippen LogP contribution in [-0.4, -0.2) is 184 Å². The number of rotatable bonds is 44. The van der Waals surface area contributed by atoms with Crippen LogP contribution in [0.2, 0.25) is 0 Å². The second-order valence-electron chi connectivity index (χ2n) is 27.3. The van der Waals surface area contributed by atoms with Gasteiger partial charge in [-0.15, -0.1) is 0 Å². The Kier molecular flexibility index (Phi) is 32.6. The lowest BCUT2D eigenvalue weighted by molar-refractivity contribution is -0.142. The van der Waals surface area contributed by atoms with Crippen LogP contribution in [0.15, 0.2) is 106 Å². The normalized spacial score (nSPS) is 14.2. The number of carboxylic acid groups (broad SMARTS) is 1. The van der Waals surface area contributed by atoms with Crippen LogP contribution >= 0.6 is 0 Å². The SMILES string of the molecule is CC(C)[C@H](NC(=O)[C@H](Cc1c[nH]c2ccccc12)NC(=O)[C@H](CCCN=C(N)N)NC(=O)[C@H](CCCN=C(N)N)NC(=O)[C@@H](N)CCCN=C(N)N)C(=O)N[C@@H](Cc1c[nH]c2ccccc12)C(=O)N[C@H](C(=O)N[C@H](C(=O)N[C@@H](Cc1c[nH]c2ccccc12)C(=O)N[C@@H](CCCCN)C(=O)O)C(C)C)C(C)C. The number of nitrogens with zero attached hydrogens (tertiary/aromatic N) is 3. The molecule has 3 aromatic heterocycles. The van der Waals surface area contributed by atoms with Crippen molar-refractivity contribution in [1.82, 2.24) is 62.8 Å². The molecule has 0 unspecified atom stereocenters. The fraction of sp³-hybridized carbons (Fsp3) is 0.486. The Labute approximate surface area is 614 Å². The lowest BCUT2D eigenvalue weighted by Crippen LogP contribution is -2.62. The fourth-order valence-electron chi connectivity index (χ4n) is 12.1. The molecule has 34 nitrogen and oxygen atoms in total. The summed E-state index contributed by atoms with van der Waals surface area (Å²) in [5.74, 6) is -11.0. The number of aliphatic carboxylic acids is 1. The number of aromatic amines is 3. The summed E-state index contributed by atoms with van der Waals surface area (Å²) in [6.07, 6.45) is 6.35. The fourth-order valence-corrected chi connectivity index (χ4v) is 12.1. The molecule has 0 radical (unpaired) electrons. The maximum Gasteiger partial charge on any atom is 0.326 e. The van der Waals surface area contributed by atoms with Gasteiger partial charge in [0.15, 0.2) is 17.9 Å². The van der Waals surface area contributed by atoms with E-state index in [-0.39, 0.29) is 95.3 Å². The number of benzene rings is 3. The van der Waals surface area contributed by atoms with Crippen molar-refractivity contribution in [2.45, 2.75) is 179 Å². The summed E-state index contributed by atoms with van der Waals surface area (Å²) in [5, 5.41) is 37.3. The minimum Gasteiger partial charge on any atom is -0.480 e. The van der Waals surface area contributed by atoms with Crippen molar-refractivity contribution < 1.29 is 53.1 Å². The summed E-state index contributed by atoms with van der Waals surface area (Å²) < 4.78 is 0. The summed E-state index contributed by atoms with van der Waals surface area (Å²) in [7, 11) is 0. The molecule has 10 atom stereocenters. The standard InChI is InChI=1S/C72H107N23O11/c1-38(2)57(93-64(100)55(33-42-36-85-49-23-11-8-19-45(42)49)90-62(98)52(27-17-31-83-72(79)80)88-61(97)51(26-16-30-82-71(77)78)87-60(96)47(74)21-15-29-81-70(75)76)66(102)92-56(34-43-37-86-50-24-12-9-20-46(43)50)65(101)94-59(40(5)6)68(104)95-58(39(3)4)67(103)91-54(32-41-35-84-48-22-10-7-18-44(41)48)63(99)89-53(69(105)106)25-13-14-28-73/h7-12,18-20,22-24,35-40,47,51-59,84-86H,13-17,21,25-34,73-74H2,1-6H3,(H,87,96)(H,88,97)(H,89,99)(H,90,98)(H,91,103)(H,92,102)(H,93,100)(H,94,101)(H,95,104)(H,105,106)(H4,75,76,81)(H4,77,78,82)(H4,79,80,83)/t47-,51-,52-,53-,54-,55-,56-,57-,58-,59-/m0/s1. The van der Waals surface area contributed by atoms with E-state index in [1.807, 2.05) is 60.7 Å². The van der Waals surface area contributed by atoms with Crippen LogP contribution in [0, 0.1) is 17.8 Å². The Morgan fingerprint density at radius 3 is 1.00 bits per heavy atom. The van der Waals surface area contributed by atoms with Gasteiger partial charge in [0, 0.05) is 90.2 Å². The number of carboxylic acids is 1. The van der Waals surface area contributed by atoms with Gasteiger partial charge in [0.05, 0.1) is 6.04 Å². The third-order valence-corrected chi connectivity index (χ3v) is 18.0. The van der Waals surface area contributed by atoms with Gasteiger partial charge < -0.3 is 114 Å². The predicted octanol–water partition coefficient (Wildman–Crippen LogP) is -0.809. The smallest absolute Gasteiger partial charge is 0.326 e. The Morgan fingerprint density at radius 1 is 0.368 bits per heavy atom. The first-order chi connectivity index (χ1) is 50.5. The van der Waals surface area contributed by atoms with Crippen LogP contribution < -0.4 is 93.7 Å². The highest BCUT2D eigenvalue weighted by Gasteiger charge is 2.38. The van der Waals surface area contributed by atoms with Gasteiger partial charge in [-0.1, -0.05) is 96.1 Å². The molecular formula is C72H107N23O11. The van der Waals surface area contributed by atoms with Crippen molar-refractivity contribution >= 4 is 110 Å². The molecule has 6 aromatic rings. The lowest BCUT2D eigenvalue weighted by atomic mass is 9.97. The van der Waals surface area contributed by atoms with Gasteiger partial charge in [-0.2, -0.15) is 0 Å². The Hall–Kier alpha value is -11.3. The van der Waals surface area contributed by atoms with Crippen LogP contribution in [0.1, 0.15) is 116 Å². The van der Waals surface area contributed by atoms with Crippen LogP contribution in [-0.2, 0) is 67.2 Å². The van der Waals surface area contributed by atoms with E-state index in [1.165, 1.54) is 0 Å². The number of fused-ring (bicyclic) bond motifs is 3. The van der Waals surface area contributed by atoms with E-state index in [0.29, 0.717) is 53.4 Å². The minimum absolute atomic E-state index is 0.0188. The number of nitrogens with one attached hydrogen (secondary N) is 12. The van der Waals surface area contributed by atoms with Gasteiger partial charge in [-0.3, -0.25) is 58.1 Å². The van der Waals surface area contributed by atoms with Crippen molar-refractivity contribution in [2.75, 3.05) is 26.2 Å². The van der Waals surface area contributed by atoms with Gasteiger partial charge >= 0.3 is 5.97 Å². The summed E-state index contributed by atoms with van der Waals surface area (Å²) in [6, 6.07) is 8.41. The molecule has 0 fully saturated rings. The Morgan fingerprint density at radius 2 is 0.651 bits per heavy atom. The van der Waals surface area contributed by atoms with Crippen LogP contribution in [0.4, 0.5) is 0 Å². The number of unbranched alkanes of at least 4 members (excludes halogenated alkanes) is 1. The van der Waals surface area contributed by atoms with Crippen molar-refractivity contribution in [3.63, 3.8) is 0 Å². The zero-order chi connectivity index (χ0) is 77.7. The molecule has 106 heavy (non-hydrogen) atoms. The number of guanidine groups is 3. The summed E-state index contributed by atoms with van der Waals surface area (Å²) in [4.78, 5) is 166. The first-order valence-corrected chi connectivity index (χ1v) is 35.7. The molecule has 6 rings (SSSR count). The van der Waals surface area contributed by atoms with Gasteiger partial charge in [0.25, 0.3) is 0 Å². The van der Waals surface area contributed by atoms with E-state index in [0.717, 1.165) is 21.8 Å². The van der Waals surface area contributed by atoms with E-state index in [2.05, 4.69) is 77.8 Å². The number of hydrogen-bond acceptors (Lipinski definition) is 15. The van der Waals surface area contributed by atoms with Crippen LogP contribution in [0.25, 0.3) is 32.7 Å². The van der Waals surface area contributed by atoms with E-state index >= 15 is 14.4 Å². The predicted molar refractivity (Wildman–Crippen MR) is 406 cm³/mol. The van der Waals surface area contributed by atoms with Crippen molar-refractivity contribution in [3.05, 3.63) is 108 Å². The monoisotopic (exact) mass is 1470 g/mol. The molecule has 0 aliphatic rings. The molecule has 34 heteroatoms. The number of aliphatic imine (C=N–C) groups is 3. The topological polar surface area (TPSA) is 592 Å². The highest BCUT2D eigenvalue weighted by atomic mass is 16.4. The Balaban J connectivity index is 1.28. The molecule has 0 saturated heterocycles. The quantitative estimate of drug-likeness (QED) is 0.0126. The average molecular weight is 1470 g/mol. The highest BCUT2D eigenvalue weighted by molar-refractivity contribution is 6.00. The molecule has 3 aromatic carbocycles. The molecule has 29 N–H and O–H groups in total. The molecule has 0 saturated carbocycles. The third kappa shape index (κ3) is 25.5. The van der Waals surface area contributed by atoms with Crippen molar-refractivity contribution in [1.29, 1.82) is 0 Å². The first kappa shape index (κ1) is 83.7. The number of amides is 9. The van der Waals surface area contributed by atoms with E-state index in [4.69, 9.17) is 45.9 Å². The maximum absolute atomic E-state index is 15.2. The number of H-pyrrole nitrogens is 3. The number of carbonyl (C=O) groups excluding carboxylic acids is 9. The summed E-state index contributed by atoms with van der Waals surface area (Å²) >= 11 is 0. The van der Waals surface area contributed by atoms with Crippen molar-refractivity contribution in [2.24, 2.45) is 78.6 Å². The molecule has 0 aliphatic heterocycles. The molecular weight excluding hydrogens is 1360 g/mol. The van der Waals surface area contributed by atoms with Crippen LogP contribution in [0.5, 0.6) is 0 Å². The number of aromatic nitrogens is 3. The molecule has 3 heterocycles. The van der Waals surface area contributed by atoms with E-state index < -0.39 is 137 Å². The number of carbonyl (C=O) groups is 10. The highest BCUT2D eigenvalue weighted by Crippen LogP contribution is 2.24. The molecule has 0 aliphatic carbocycles. The van der Waals surface area contributed by atoms with Crippen molar-refractivity contribution in [3.8, 4) is 0 Å². The van der Waals surface area contributed by atoms with Gasteiger partial charge in [0.1, 0.15) is 54.4 Å². The van der Waals surface area contributed by atoms with Crippen LogP contribution in [0.3, 0.4) is 0 Å². The second kappa shape index (κ2) is 41.3. The number of para-hydroxylation sites is 3. The molecule has 0 spiro atoms. The number of nitrogens with two attached hydrogens (primary N) is 8. The van der Waals surface area contributed by atoms with E-state index in [1.54, 1.807) is 72.3 Å². The second-order valence-corrected chi connectivity index (χ2v) is 27.3. The Bertz CT molecular complexity index is 4050. The van der Waals surface area contributed by atoms with Gasteiger partial charge in [-0.25, -0.2) is 4.79 Å². The molecule has 0 bridgehead atoms. The molecule has 9 amide bonds. The lowest BCUT2D eigenvalue weighted by Gasteiger charge is -2.30. The minimum atomic E-state index is -1.47. The number of hydrogen-bond donors (Lipinski definition) is 21. The zero-order valence-corrected chi connectivity index (χ0v) is 61.0.